The monoisotopic (exact) mass is 445 g/mol. The summed E-state index contributed by atoms with van der Waals surface area (Å²) >= 11 is 0. The van der Waals surface area contributed by atoms with Crippen molar-refractivity contribution in [2.24, 2.45) is 5.10 Å². The number of hydrogen-bond donors (Lipinski definition) is 2. The Balaban J connectivity index is 1.29. The van der Waals surface area contributed by atoms with Crippen LogP contribution in [-0.2, 0) is 27.3 Å². The summed E-state index contributed by atoms with van der Waals surface area (Å²) in [7, 11) is 0. The van der Waals surface area contributed by atoms with E-state index in [-0.39, 0.29) is 18.4 Å². The van der Waals surface area contributed by atoms with Gasteiger partial charge in [0.05, 0.1) is 13.2 Å². The molecule has 3 aromatic rings. The van der Waals surface area contributed by atoms with E-state index in [1.165, 1.54) is 0 Å². The van der Waals surface area contributed by atoms with E-state index in [2.05, 4.69) is 15.4 Å². The summed E-state index contributed by atoms with van der Waals surface area (Å²) in [6.07, 6.45) is 1.44. The number of hydrogen-bond acceptors (Lipinski definition) is 5. The molecule has 168 valence electrons. The van der Waals surface area contributed by atoms with Gasteiger partial charge in [0, 0.05) is 28.7 Å². The number of benzene rings is 2. The number of ether oxygens (including phenoxy) is 1. The zero-order chi connectivity index (χ0) is 22.9. The third kappa shape index (κ3) is 3.93. The van der Waals surface area contributed by atoms with Gasteiger partial charge < -0.3 is 19.9 Å². The Morgan fingerprint density at radius 3 is 2.76 bits per heavy atom. The van der Waals surface area contributed by atoms with Crippen LogP contribution in [-0.4, -0.2) is 58.0 Å². The molecule has 2 aliphatic rings. The first-order valence-electron chi connectivity index (χ1n) is 10.8. The first kappa shape index (κ1) is 20.7. The third-order valence-corrected chi connectivity index (χ3v) is 5.90. The van der Waals surface area contributed by atoms with E-state index in [0.29, 0.717) is 31.0 Å². The maximum absolute atomic E-state index is 13.1. The number of aromatic nitrogens is 1. The highest BCUT2D eigenvalue weighted by atomic mass is 16.5. The van der Waals surface area contributed by atoms with Crippen molar-refractivity contribution in [3.63, 3.8) is 0 Å². The minimum absolute atomic E-state index is 0.197. The molecule has 5 rings (SSSR count). The molecule has 9 nitrogen and oxygen atoms in total. The molecule has 0 unspecified atom stereocenters. The van der Waals surface area contributed by atoms with Crippen LogP contribution < -0.4 is 10.1 Å². The number of nitrogens with one attached hydrogen (secondary N) is 2. The fraction of sp³-hybridized carbons (Fsp3) is 0.250. The predicted octanol–water partition coefficient (Wildman–Crippen LogP) is 2.29. The predicted molar refractivity (Wildman–Crippen MR) is 123 cm³/mol. The van der Waals surface area contributed by atoms with Gasteiger partial charge in [0.2, 0.25) is 5.91 Å². The first-order chi connectivity index (χ1) is 16.0. The van der Waals surface area contributed by atoms with Gasteiger partial charge in [0.15, 0.2) is 0 Å². The summed E-state index contributed by atoms with van der Waals surface area (Å²) in [5.74, 6) is -0.287. The van der Waals surface area contributed by atoms with E-state index in [1.54, 1.807) is 29.2 Å². The lowest BCUT2D eigenvalue weighted by Crippen LogP contribution is -2.60. The second-order valence-corrected chi connectivity index (χ2v) is 7.96. The van der Waals surface area contributed by atoms with Crippen molar-refractivity contribution < 1.29 is 19.1 Å². The van der Waals surface area contributed by atoms with Crippen LogP contribution >= 0.6 is 0 Å². The second-order valence-electron chi connectivity index (χ2n) is 7.96. The second kappa shape index (κ2) is 8.42. The van der Waals surface area contributed by atoms with E-state index in [9.17, 15) is 14.4 Å². The molecule has 0 bridgehead atoms. The normalized spacial score (nSPS) is 17.9. The average Bonchev–Trinajstić information content (AvgIpc) is 3.19. The number of fused-ring (bicyclic) bond motifs is 4. The van der Waals surface area contributed by atoms with Crippen LogP contribution in [0.15, 0.2) is 53.6 Å². The fourth-order valence-electron chi connectivity index (χ4n) is 4.36. The minimum Gasteiger partial charge on any atom is -0.494 e. The van der Waals surface area contributed by atoms with Gasteiger partial charge in [-0.15, -0.1) is 0 Å². The Kier molecular flexibility index (Phi) is 5.29. The van der Waals surface area contributed by atoms with Crippen molar-refractivity contribution in [3.8, 4) is 5.75 Å². The highest BCUT2D eigenvalue weighted by molar-refractivity contribution is 6.31. The van der Waals surface area contributed by atoms with Crippen molar-refractivity contribution in [2.45, 2.75) is 25.9 Å². The van der Waals surface area contributed by atoms with Gasteiger partial charge in [0.25, 0.3) is 11.8 Å². The Bertz CT molecular complexity index is 1260. The Hall–Kier alpha value is -4.14. The number of aromatic amines is 1. The van der Waals surface area contributed by atoms with Gasteiger partial charge in [-0.2, -0.15) is 5.10 Å². The number of para-hydroxylation sites is 1. The molecule has 2 aliphatic heterocycles. The number of carbonyl (C=O) groups is 3. The molecule has 0 radical (unpaired) electrons. The number of piperazine rings is 1. The highest BCUT2D eigenvalue weighted by Crippen LogP contribution is 2.32. The third-order valence-electron chi connectivity index (χ3n) is 5.90. The lowest BCUT2D eigenvalue weighted by molar-refractivity contribution is -0.157. The van der Waals surface area contributed by atoms with Crippen LogP contribution in [0.5, 0.6) is 5.75 Å². The summed E-state index contributed by atoms with van der Waals surface area (Å²) in [4.78, 5) is 43.1. The number of carbonyl (C=O) groups excluding carboxylic acids is 3. The molecule has 9 heteroatoms. The van der Waals surface area contributed by atoms with Gasteiger partial charge in [-0.25, -0.2) is 5.01 Å². The number of rotatable bonds is 5. The summed E-state index contributed by atoms with van der Waals surface area (Å²) in [6, 6.07) is 14.2. The quantitative estimate of drug-likeness (QED) is 0.588. The Labute approximate surface area is 190 Å². The van der Waals surface area contributed by atoms with Crippen LogP contribution in [0.3, 0.4) is 0 Å². The first-order valence-corrected chi connectivity index (χ1v) is 10.8. The van der Waals surface area contributed by atoms with Crippen LogP contribution in [0.1, 0.15) is 18.2 Å². The molecular formula is C24H23N5O4. The van der Waals surface area contributed by atoms with E-state index in [1.807, 2.05) is 31.2 Å². The van der Waals surface area contributed by atoms with E-state index < -0.39 is 11.9 Å². The SMILES string of the molecule is CCOc1ccc(NC(=O)/C=N\N2CC(=O)N3Cc4[nH]c5ccccc5c4C[C@H]3C2=O)cc1. The lowest BCUT2D eigenvalue weighted by Gasteiger charge is -2.40. The van der Waals surface area contributed by atoms with Crippen LogP contribution in [0.4, 0.5) is 5.69 Å². The maximum Gasteiger partial charge on any atom is 0.268 e. The summed E-state index contributed by atoms with van der Waals surface area (Å²) < 4.78 is 5.38. The molecule has 0 aliphatic carbocycles. The summed E-state index contributed by atoms with van der Waals surface area (Å²) in [5, 5.41) is 8.85. The molecule has 0 saturated carbocycles. The fourth-order valence-corrected chi connectivity index (χ4v) is 4.36. The smallest absolute Gasteiger partial charge is 0.268 e. The molecule has 1 atom stereocenters. The zero-order valence-corrected chi connectivity index (χ0v) is 18.1. The number of nitrogens with zero attached hydrogens (tertiary/aromatic N) is 3. The van der Waals surface area contributed by atoms with Gasteiger partial charge in [-0.3, -0.25) is 14.4 Å². The van der Waals surface area contributed by atoms with Crippen molar-refractivity contribution in [1.29, 1.82) is 0 Å². The van der Waals surface area contributed by atoms with Crippen LogP contribution in [0.2, 0.25) is 0 Å². The van der Waals surface area contributed by atoms with Crippen LogP contribution in [0, 0.1) is 0 Å². The molecule has 2 N–H and O–H groups in total. The van der Waals surface area contributed by atoms with E-state index in [0.717, 1.165) is 33.4 Å². The molecule has 3 amide bonds. The van der Waals surface area contributed by atoms with Crippen molar-refractivity contribution >= 4 is 40.5 Å². The van der Waals surface area contributed by atoms with Crippen molar-refractivity contribution in [2.75, 3.05) is 18.5 Å². The van der Waals surface area contributed by atoms with Gasteiger partial charge >= 0.3 is 0 Å². The molecule has 1 saturated heterocycles. The van der Waals surface area contributed by atoms with E-state index >= 15 is 0 Å². The minimum atomic E-state index is -0.635. The number of anilines is 1. The highest BCUT2D eigenvalue weighted by Gasteiger charge is 2.43. The Morgan fingerprint density at radius 2 is 1.97 bits per heavy atom. The van der Waals surface area contributed by atoms with Gasteiger partial charge in [-0.1, -0.05) is 18.2 Å². The average molecular weight is 445 g/mol. The maximum atomic E-state index is 13.1. The van der Waals surface area contributed by atoms with Gasteiger partial charge in [0.1, 0.15) is 24.6 Å². The molecule has 2 aromatic carbocycles. The van der Waals surface area contributed by atoms with Gasteiger partial charge in [-0.05, 0) is 42.8 Å². The van der Waals surface area contributed by atoms with E-state index in [4.69, 9.17) is 4.74 Å². The summed E-state index contributed by atoms with van der Waals surface area (Å²) in [5.41, 5.74) is 3.57. The number of hydrazone groups is 1. The van der Waals surface area contributed by atoms with Crippen molar-refractivity contribution in [1.82, 2.24) is 14.9 Å². The zero-order valence-electron chi connectivity index (χ0n) is 18.1. The topological polar surface area (TPSA) is 107 Å². The largest absolute Gasteiger partial charge is 0.494 e. The Morgan fingerprint density at radius 1 is 1.18 bits per heavy atom. The standard InChI is InChI=1S/C24H23N5O4/c1-2-33-16-9-7-15(8-10-16)26-22(30)12-25-29-14-23(31)28-13-20-18(11-21(28)24(29)32)17-5-3-4-6-19(17)27-20/h3-10,12,21,27H,2,11,13-14H2,1H3,(H,26,30)/b25-12-/t21-/m0/s1. The number of H-pyrrole nitrogens is 1. The molecule has 0 spiro atoms. The molecule has 3 heterocycles. The molecule has 1 fully saturated rings. The molecular weight excluding hydrogens is 422 g/mol. The lowest BCUT2D eigenvalue weighted by atomic mass is 9.94. The molecule has 1 aromatic heterocycles. The molecule has 33 heavy (non-hydrogen) atoms. The number of amides is 3. The van der Waals surface area contributed by atoms with Crippen LogP contribution in [0.25, 0.3) is 10.9 Å². The van der Waals surface area contributed by atoms with Crippen molar-refractivity contribution in [3.05, 3.63) is 59.8 Å². The summed E-state index contributed by atoms with van der Waals surface area (Å²) in [6.45, 7) is 2.61.